The molecule has 0 aliphatic rings. The summed E-state index contributed by atoms with van der Waals surface area (Å²) in [4.78, 5) is 4.12. The third kappa shape index (κ3) is 4.25. The topological polar surface area (TPSA) is 50.9 Å². The first-order valence-electron chi connectivity index (χ1n) is 6.99. The minimum Gasteiger partial charge on any atom is -0.383 e. The van der Waals surface area contributed by atoms with Crippen LogP contribution in [0.4, 0.5) is 10.2 Å². The maximum atomic E-state index is 13.3. The first-order chi connectivity index (χ1) is 10.1. The summed E-state index contributed by atoms with van der Waals surface area (Å²) in [6.45, 7) is 3.00. The number of halogens is 2. The van der Waals surface area contributed by atoms with E-state index in [1.54, 1.807) is 12.3 Å². The van der Waals surface area contributed by atoms with Crippen LogP contribution in [-0.4, -0.2) is 11.5 Å². The molecule has 0 saturated heterocycles. The Bertz CT molecular complexity index is 604. The Labute approximate surface area is 132 Å². The maximum Gasteiger partial charge on any atom is 0.126 e. The minimum absolute atomic E-state index is 0.0615. The summed E-state index contributed by atoms with van der Waals surface area (Å²) in [5, 5.41) is 3.49. The first kappa shape index (κ1) is 15.9. The van der Waals surface area contributed by atoms with Crippen molar-refractivity contribution >= 4 is 21.7 Å². The fourth-order valence-electron chi connectivity index (χ4n) is 2.24. The molecule has 112 valence electrons. The number of pyridine rings is 1. The molecule has 1 aromatic carbocycles. The van der Waals surface area contributed by atoms with E-state index in [2.05, 4.69) is 33.2 Å². The van der Waals surface area contributed by atoms with Gasteiger partial charge in [-0.05, 0) is 48.7 Å². The van der Waals surface area contributed by atoms with Crippen LogP contribution in [0.3, 0.4) is 0 Å². The van der Waals surface area contributed by atoms with Gasteiger partial charge in [0, 0.05) is 16.7 Å². The Balaban J connectivity index is 2.27. The molecular weight excluding hydrogens is 333 g/mol. The monoisotopic (exact) mass is 351 g/mol. The van der Waals surface area contributed by atoms with Gasteiger partial charge < -0.3 is 11.1 Å². The molecule has 0 amide bonds. The molecule has 0 fully saturated rings. The van der Waals surface area contributed by atoms with Crippen molar-refractivity contribution in [2.24, 2.45) is 0 Å². The zero-order valence-electron chi connectivity index (χ0n) is 11.9. The Morgan fingerprint density at radius 3 is 2.86 bits per heavy atom. The van der Waals surface area contributed by atoms with Crippen molar-refractivity contribution < 1.29 is 4.39 Å². The highest BCUT2D eigenvalue weighted by atomic mass is 79.9. The van der Waals surface area contributed by atoms with E-state index in [4.69, 9.17) is 5.73 Å². The number of nitrogens with two attached hydrogens (primary N) is 1. The summed E-state index contributed by atoms with van der Waals surface area (Å²) >= 11 is 3.44. The second-order valence-electron chi connectivity index (χ2n) is 4.92. The van der Waals surface area contributed by atoms with E-state index in [1.807, 2.05) is 12.1 Å². The van der Waals surface area contributed by atoms with Crippen LogP contribution in [0.15, 0.2) is 41.0 Å². The highest BCUT2D eigenvalue weighted by Crippen LogP contribution is 2.28. The van der Waals surface area contributed by atoms with Crippen molar-refractivity contribution in [2.75, 3.05) is 12.3 Å². The van der Waals surface area contributed by atoms with Crippen molar-refractivity contribution in [3.8, 4) is 0 Å². The largest absolute Gasteiger partial charge is 0.383 e. The lowest BCUT2D eigenvalue weighted by Crippen LogP contribution is -2.25. The van der Waals surface area contributed by atoms with E-state index in [0.29, 0.717) is 12.2 Å². The third-order valence-corrected chi connectivity index (χ3v) is 4.02. The number of benzene rings is 1. The van der Waals surface area contributed by atoms with Gasteiger partial charge in [-0.25, -0.2) is 9.37 Å². The van der Waals surface area contributed by atoms with Crippen molar-refractivity contribution in [3.63, 3.8) is 0 Å². The summed E-state index contributed by atoms with van der Waals surface area (Å²) in [6, 6.07) is 8.68. The van der Waals surface area contributed by atoms with Gasteiger partial charge >= 0.3 is 0 Å². The molecule has 0 saturated carbocycles. The van der Waals surface area contributed by atoms with Crippen LogP contribution in [0, 0.1) is 5.82 Å². The van der Waals surface area contributed by atoms with Gasteiger partial charge in [-0.15, -0.1) is 0 Å². The number of nitrogens with one attached hydrogen (secondary N) is 1. The van der Waals surface area contributed by atoms with Gasteiger partial charge in [-0.1, -0.05) is 35.0 Å². The Hall–Kier alpha value is -1.46. The predicted molar refractivity (Wildman–Crippen MR) is 87.5 cm³/mol. The average Bonchev–Trinajstić information content (AvgIpc) is 2.46. The Kier molecular flexibility index (Phi) is 5.70. The standard InChI is InChI=1S/C16H19BrFN3/c1-2-7-20-15(9-11-4-3-8-21-16(11)19)13-6-5-12(18)10-14(13)17/h3-6,8,10,15,20H,2,7,9H2,1H3,(H2,19,21). The molecule has 0 radical (unpaired) electrons. The van der Waals surface area contributed by atoms with Crippen molar-refractivity contribution in [1.82, 2.24) is 10.3 Å². The van der Waals surface area contributed by atoms with Crippen LogP contribution >= 0.6 is 15.9 Å². The van der Waals surface area contributed by atoms with E-state index in [9.17, 15) is 4.39 Å². The van der Waals surface area contributed by atoms with Gasteiger partial charge in [0.15, 0.2) is 0 Å². The van der Waals surface area contributed by atoms with E-state index in [-0.39, 0.29) is 11.9 Å². The van der Waals surface area contributed by atoms with Crippen LogP contribution in [0.2, 0.25) is 0 Å². The second-order valence-corrected chi connectivity index (χ2v) is 5.78. The van der Waals surface area contributed by atoms with Gasteiger partial charge in [0.1, 0.15) is 11.6 Å². The molecular formula is C16H19BrFN3. The quantitative estimate of drug-likeness (QED) is 0.830. The number of nitrogen functional groups attached to an aromatic ring is 1. The lowest BCUT2D eigenvalue weighted by Gasteiger charge is -2.21. The van der Waals surface area contributed by atoms with E-state index >= 15 is 0 Å². The smallest absolute Gasteiger partial charge is 0.126 e. The molecule has 2 aromatic rings. The van der Waals surface area contributed by atoms with Crippen molar-refractivity contribution in [1.29, 1.82) is 0 Å². The number of nitrogens with zero attached hydrogens (tertiary/aromatic N) is 1. The molecule has 21 heavy (non-hydrogen) atoms. The highest BCUT2D eigenvalue weighted by Gasteiger charge is 2.16. The predicted octanol–water partition coefficient (Wildman–Crippen LogP) is 3.85. The third-order valence-electron chi connectivity index (χ3n) is 3.33. The lowest BCUT2D eigenvalue weighted by molar-refractivity contribution is 0.526. The van der Waals surface area contributed by atoms with Crippen molar-refractivity contribution in [3.05, 3.63) is 57.9 Å². The molecule has 1 aromatic heterocycles. The number of hydrogen-bond acceptors (Lipinski definition) is 3. The normalized spacial score (nSPS) is 12.3. The molecule has 3 nitrogen and oxygen atoms in total. The van der Waals surface area contributed by atoms with E-state index in [0.717, 1.165) is 28.6 Å². The highest BCUT2D eigenvalue weighted by molar-refractivity contribution is 9.10. The Morgan fingerprint density at radius 2 is 2.19 bits per heavy atom. The molecule has 1 heterocycles. The zero-order chi connectivity index (χ0) is 15.2. The van der Waals surface area contributed by atoms with Gasteiger partial charge in [0.05, 0.1) is 0 Å². The average molecular weight is 352 g/mol. The van der Waals surface area contributed by atoms with E-state index in [1.165, 1.54) is 12.1 Å². The molecule has 3 N–H and O–H groups in total. The summed E-state index contributed by atoms with van der Waals surface area (Å²) in [6.07, 6.45) is 3.42. The van der Waals surface area contributed by atoms with E-state index < -0.39 is 0 Å². The first-order valence-corrected chi connectivity index (χ1v) is 7.78. The van der Waals surface area contributed by atoms with Crippen LogP contribution < -0.4 is 11.1 Å². The number of aromatic nitrogens is 1. The van der Waals surface area contributed by atoms with Crippen LogP contribution in [0.1, 0.15) is 30.5 Å². The van der Waals surface area contributed by atoms with Crippen LogP contribution in [-0.2, 0) is 6.42 Å². The summed E-state index contributed by atoms with van der Waals surface area (Å²) in [5.41, 5.74) is 7.94. The van der Waals surface area contributed by atoms with Gasteiger partial charge in [0.25, 0.3) is 0 Å². The molecule has 5 heteroatoms. The van der Waals surface area contributed by atoms with Crippen LogP contribution in [0.5, 0.6) is 0 Å². The SMILES string of the molecule is CCCNC(Cc1cccnc1N)c1ccc(F)cc1Br. The van der Waals surface area contributed by atoms with Gasteiger partial charge in [0.2, 0.25) is 0 Å². The van der Waals surface area contributed by atoms with Crippen LogP contribution in [0.25, 0.3) is 0 Å². The fraction of sp³-hybridized carbons (Fsp3) is 0.312. The second kappa shape index (κ2) is 7.52. The van der Waals surface area contributed by atoms with Crippen molar-refractivity contribution in [2.45, 2.75) is 25.8 Å². The molecule has 1 atom stereocenters. The molecule has 0 bridgehead atoms. The fourth-order valence-corrected chi connectivity index (χ4v) is 2.87. The maximum absolute atomic E-state index is 13.3. The molecule has 0 spiro atoms. The van der Waals surface area contributed by atoms with Gasteiger partial charge in [-0.3, -0.25) is 0 Å². The molecule has 0 aliphatic heterocycles. The number of anilines is 1. The Morgan fingerprint density at radius 1 is 1.38 bits per heavy atom. The number of hydrogen-bond donors (Lipinski definition) is 2. The summed E-state index contributed by atoms with van der Waals surface area (Å²) < 4.78 is 14.0. The molecule has 1 unspecified atom stereocenters. The molecule has 0 aliphatic carbocycles. The minimum atomic E-state index is -0.249. The van der Waals surface area contributed by atoms with Gasteiger partial charge in [-0.2, -0.15) is 0 Å². The molecule has 2 rings (SSSR count). The lowest BCUT2D eigenvalue weighted by atomic mass is 9.99. The summed E-state index contributed by atoms with van der Waals surface area (Å²) in [7, 11) is 0. The number of rotatable bonds is 6. The summed E-state index contributed by atoms with van der Waals surface area (Å²) in [5.74, 6) is 0.291. The zero-order valence-corrected chi connectivity index (χ0v) is 13.5.